The maximum atomic E-state index is 12.3. The Balaban J connectivity index is 2.25. The number of benzene rings is 1. The standard InChI is InChI=1S/C13H17NO3/c1-4-10(14(2)3)13(15)9-5-6-11-12(7-9)17-8-16-11/h5-7,10H,4,8H2,1-3H3/t10-/m0/s1. The Morgan fingerprint density at radius 3 is 2.71 bits per heavy atom. The fraction of sp³-hybridized carbons (Fsp3) is 0.462. The second kappa shape index (κ2) is 4.75. The third-order valence-corrected chi connectivity index (χ3v) is 2.97. The SMILES string of the molecule is CC[C@@H](C(=O)c1ccc2c(c1)OCO2)N(C)C. The molecule has 0 radical (unpaired) electrons. The van der Waals surface area contributed by atoms with E-state index in [9.17, 15) is 4.79 Å². The number of Topliss-reactive ketones (excluding diaryl/α,β-unsaturated/α-hetero) is 1. The van der Waals surface area contributed by atoms with Crippen molar-refractivity contribution >= 4 is 5.78 Å². The van der Waals surface area contributed by atoms with Crippen LogP contribution in [0, 0.1) is 0 Å². The molecule has 0 aliphatic carbocycles. The van der Waals surface area contributed by atoms with Gasteiger partial charge in [-0.2, -0.15) is 0 Å². The highest BCUT2D eigenvalue weighted by molar-refractivity contribution is 6.00. The van der Waals surface area contributed by atoms with Gasteiger partial charge in [0.05, 0.1) is 6.04 Å². The van der Waals surface area contributed by atoms with E-state index in [0.29, 0.717) is 17.1 Å². The normalized spacial score (nSPS) is 15.1. The molecule has 4 nitrogen and oxygen atoms in total. The highest BCUT2D eigenvalue weighted by Crippen LogP contribution is 2.33. The zero-order valence-corrected chi connectivity index (χ0v) is 10.4. The lowest BCUT2D eigenvalue weighted by Crippen LogP contribution is -2.35. The molecule has 0 amide bonds. The first-order valence-electron chi connectivity index (χ1n) is 5.73. The summed E-state index contributed by atoms with van der Waals surface area (Å²) in [7, 11) is 3.83. The summed E-state index contributed by atoms with van der Waals surface area (Å²) in [6.45, 7) is 2.24. The van der Waals surface area contributed by atoms with Crippen LogP contribution < -0.4 is 9.47 Å². The van der Waals surface area contributed by atoms with Crippen molar-refractivity contribution in [3.63, 3.8) is 0 Å². The first kappa shape index (κ1) is 11.9. The van der Waals surface area contributed by atoms with Crippen LogP contribution in [0.3, 0.4) is 0 Å². The monoisotopic (exact) mass is 235 g/mol. The number of carbonyl (C=O) groups is 1. The molecule has 0 N–H and O–H groups in total. The predicted molar refractivity (Wildman–Crippen MR) is 64.7 cm³/mol. The van der Waals surface area contributed by atoms with E-state index in [2.05, 4.69) is 0 Å². The molecule has 17 heavy (non-hydrogen) atoms. The van der Waals surface area contributed by atoms with E-state index in [1.165, 1.54) is 0 Å². The molecule has 1 aliphatic heterocycles. The molecular weight excluding hydrogens is 218 g/mol. The number of likely N-dealkylation sites (N-methyl/N-ethyl adjacent to an activating group) is 1. The maximum absolute atomic E-state index is 12.3. The molecule has 0 bridgehead atoms. The number of ketones is 1. The molecule has 0 aromatic heterocycles. The molecule has 1 aromatic carbocycles. The summed E-state index contributed by atoms with van der Waals surface area (Å²) >= 11 is 0. The second-order valence-corrected chi connectivity index (χ2v) is 4.32. The van der Waals surface area contributed by atoms with Gasteiger partial charge in [-0.25, -0.2) is 0 Å². The summed E-state index contributed by atoms with van der Waals surface area (Å²) in [4.78, 5) is 14.2. The van der Waals surface area contributed by atoms with E-state index >= 15 is 0 Å². The van der Waals surface area contributed by atoms with Gasteiger partial charge in [0.2, 0.25) is 6.79 Å². The van der Waals surface area contributed by atoms with Crippen molar-refractivity contribution in [2.75, 3.05) is 20.9 Å². The van der Waals surface area contributed by atoms with Gasteiger partial charge in [0.25, 0.3) is 0 Å². The maximum Gasteiger partial charge on any atom is 0.231 e. The summed E-state index contributed by atoms with van der Waals surface area (Å²) in [6, 6.07) is 5.26. The van der Waals surface area contributed by atoms with Gasteiger partial charge in [0.1, 0.15) is 0 Å². The fourth-order valence-electron chi connectivity index (χ4n) is 2.03. The second-order valence-electron chi connectivity index (χ2n) is 4.32. The van der Waals surface area contributed by atoms with Crippen molar-refractivity contribution in [3.8, 4) is 11.5 Å². The van der Waals surface area contributed by atoms with Crippen LogP contribution in [0.4, 0.5) is 0 Å². The quantitative estimate of drug-likeness (QED) is 0.748. The molecule has 92 valence electrons. The van der Waals surface area contributed by atoms with E-state index in [1.54, 1.807) is 18.2 Å². The lowest BCUT2D eigenvalue weighted by Gasteiger charge is -2.21. The summed E-state index contributed by atoms with van der Waals surface area (Å²) < 4.78 is 10.5. The van der Waals surface area contributed by atoms with Crippen molar-refractivity contribution in [2.24, 2.45) is 0 Å². The molecule has 0 unspecified atom stereocenters. The highest BCUT2D eigenvalue weighted by atomic mass is 16.7. The average molecular weight is 235 g/mol. The van der Waals surface area contributed by atoms with Crippen LogP contribution in [0.2, 0.25) is 0 Å². The topological polar surface area (TPSA) is 38.8 Å². The van der Waals surface area contributed by atoms with Crippen LogP contribution in [0.5, 0.6) is 11.5 Å². The van der Waals surface area contributed by atoms with E-state index in [-0.39, 0.29) is 18.6 Å². The predicted octanol–water partition coefficient (Wildman–Crippen LogP) is 1.94. The van der Waals surface area contributed by atoms with Gasteiger partial charge in [-0.05, 0) is 38.7 Å². The van der Waals surface area contributed by atoms with Crippen LogP contribution >= 0.6 is 0 Å². The minimum atomic E-state index is -0.0876. The van der Waals surface area contributed by atoms with Crippen LogP contribution in [0.25, 0.3) is 0 Å². The Morgan fingerprint density at radius 1 is 1.35 bits per heavy atom. The number of ether oxygens (including phenoxy) is 2. The molecule has 1 aromatic rings. The van der Waals surface area contributed by atoms with Crippen molar-refractivity contribution < 1.29 is 14.3 Å². The molecule has 1 heterocycles. The number of carbonyl (C=O) groups excluding carboxylic acids is 1. The van der Waals surface area contributed by atoms with Gasteiger partial charge in [0.15, 0.2) is 17.3 Å². The largest absolute Gasteiger partial charge is 0.454 e. The summed E-state index contributed by atoms with van der Waals surface area (Å²) in [5, 5.41) is 0. The Kier molecular flexibility index (Phi) is 3.33. The van der Waals surface area contributed by atoms with Crippen molar-refractivity contribution in [3.05, 3.63) is 23.8 Å². The van der Waals surface area contributed by atoms with E-state index in [1.807, 2.05) is 25.9 Å². The van der Waals surface area contributed by atoms with E-state index in [4.69, 9.17) is 9.47 Å². The van der Waals surface area contributed by atoms with Crippen molar-refractivity contribution in [2.45, 2.75) is 19.4 Å². The molecule has 0 saturated heterocycles. The Morgan fingerprint density at radius 2 is 2.06 bits per heavy atom. The van der Waals surface area contributed by atoms with Crippen LogP contribution in [-0.4, -0.2) is 37.6 Å². The Labute approximate surface area is 101 Å². The minimum absolute atomic E-state index is 0.0876. The number of hydrogen-bond acceptors (Lipinski definition) is 4. The van der Waals surface area contributed by atoms with Crippen LogP contribution in [0.15, 0.2) is 18.2 Å². The molecule has 0 fully saturated rings. The van der Waals surface area contributed by atoms with Gasteiger partial charge < -0.3 is 9.47 Å². The van der Waals surface area contributed by atoms with Crippen molar-refractivity contribution in [1.29, 1.82) is 0 Å². The Hall–Kier alpha value is -1.55. The molecule has 1 aliphatic rings. The zero-order valence-electron chi connectivity index (χ0n) is 10.4. The molecular formula is C13H17NO3. The molecule has 2 rings (SSSR count). The number of fused-ring (bicyclic) bond motifs is 1. The van der Waals surface area contributed by atoms with E-state index < -0.39 is 0 Å². The third kappa shape index (κ3) is 2.26. The van der Waals surface area contributed by atoms with Crippen molar-refractivity contribution in [1.82, 2.24) is 4.90 Å². The smallest absolute Gasteiger partial charge is 0.231 e. The summed E-state index contributed by atoms with van der Waals surface area (Å²) in [5.41, 5.74) is 0.676. The summed E-state index contributed by atoms with van der Waals surface area (Å²) in [5.74, 6) is 1.49. The highest BCUT2D eigenvalue weighted by Gasteiger charge is 2.22. The molecule has 0 saturated carbocycles. The van der Waals surface area contributed by atoms with Crippen LogP contribution in [0.1, 0.15) is 23.7 Å². The Bertz CT molecular complexity index is 429. The number of rotatable bonds is 4. The minimum Gasteiger partial charge on any atom is -0.454 e. The van der Waals surface area contributed by atoms with E-state index in [0.717, 1.165) is 6.42 Å². The summed E-state index contributed by atoms with van der Waals surface area (Å²) in [6.07, 6.45) is 0.792. The molecule has 1 atom stereocenters. The molecule has 4 heteroatoms. The first-order valence-corrected chi connectivity index (χ1v) is 5.73. The van der Waals surface area contributed by atoms with Crippen LogP contribution in [-0.2, 0) is 0 Å². The zero-order chi connectivity index (χ0) is 12.4. The fourth-order valence-corrected chi connectivity index (χ4v) is 2.03. The van der Waals surface area contributed by atoms with Gasteiger partial charge in [0, 0.05) is 5.56 Å². The van der Waals surface area contributed by atoms with Gasteiger partial charge in [-0.3, -0.25) is 9.69 Å². The lowest BCUT2D eigenvalue weighted by atomic mass is 10.0. The van der Waals surface area contributed by atoms with Gasteiger partial charge >= 0.3 is 0 Å². The molecule has 0 spiro atoms. The third-order valence-electron chi connectivity index (χ3n) is 2.97. The van der Waals surface area contributed by atoms with Gasteiger partial charge in [-0.15, -0.1) is 0 Å². The first-order chi connectivity index (χ1) is 8.13. The average Bonchev–Trinajstić information content (AvgIpc) is 2.75. The lowest BCUT2D eigenvalue weighted by molar-refractivity contribution is 0.0871. The number of nitrogens with zero attached hydrogens (tertiary/aromatic N) is 1. The van der Waals surface area contributed by atoms with Gasteiger partial charge in [-0.1, -0.05) is 6.92 Å². The number of hydrogen-bond donors (Lipinski definition) is 0.